The highest BCUT2D eigenvalue weighted by atomic mass is 19.1. The van der Waals surface area contributed by atoms with Crippen molar-refractivity contribution in [1.29, 1.82) is 0 Å². The lowest BCUT2D eigenvalue weighted by Crippen LogP contribution is -2.34. The van der Waals surface area contributed by atoms with E-state index in [0.29, 0.717) is 5.92 Å². The first-order chi connectivity index (χ1) is 14.8. The molecule has 5 atom stereocenters. The molecule has 3 aliphatic carbocycles. The summed E-state index contributed by atoms with van der Waals surface area (Å²) >= 11 is 0. The van der Waals surface area contributed by atoms with Gasteiger partial charge in [-0.1, -0.05) is 56.9 Å². The third kappa shape index (κ3) is 5.57. The van der Waals surface area contributed by atoms with Crippen molar-refractivity contribution in [3.05, 3.63) is 47.3 Å². The molecule has 0 aliphatic heterocycles. The largest absolute Gasteiger partial charge is 0.216 e. The van der Waals surface area contributed by atoms with Gasteiger partial charge in [-0.15, -0.1) is 0 Å². The second kappa shape index (κ2) is 11.0. The molecule has 2 saturated carbocycles. The van der Waals surface area contributed by atoms with Gasteiger partial charge in [0.05, 0.1) is 6.33 Å². The topological polar surface area (TPSA) is 0 Å². The minimum absolute atomic E-state index is 0.509. The normalized spacial score (nSPS) is 31.5. The predicted molar refractivity (Wildman–Crippen MR) is 126 cm³/mol. The Morgan fingerprint density at radius 2 is 1.60 bits per heavy atom. The fraction of sp³-hybridized carbons (Fsp3) is 0.724. The average Bonchev–Trinajstić information content (AvgIpc) is 2.78. The van der Waals surface area contributed by atoms with Crippen LogP contribution in [0.25, 0.3) is 0 Å². The third-order valence-corrected chi connectivity index (χ3v) is 8.81. The van der Waals surface area contributed by atoms with Crippen LogP contribution in [-0.4, -0.2) is 0 Å². The van der Waals surface area contributed by atoms with Gasteiger partial charge < -0.3 is 0 Å². The number of fused-ring (bicyclic) bond motifs is 2. The Morgan fingerprint density at radius 1 is 0.833 bits per heavy atom. The Kier molecular flexibility index (Phi) is 8.07. The van der Waals surface area contributed by atoms with Crippen LogP contribution >= 0.6 is 0 Å². The smallest absolute Gasteiger partial charge is 0.0829 e. The lowest BCUT2D eigenvalue weighted by Gasteiger charge is -2.44. The van der Waals surface area contributed by atoms with Crippen LogP contribution < -0.4 is 0 Å². The van der Waals surface area contributed by atoms with Crippen LogP contribution in [-0.2, 0) is 19.3 Å². The van der Waals surface area contributed by atoms with E-state index in [1.165, 1.54) is 96.3 Å². The quantitative estimate of drug-likeness (QED) is 0.376. The molecule has 0 nitrogen and oxygen atoms in total. The van der Waals surface area contributed by atoms with Crippen molar-refractivity contribution >= 4 is 0 Å². The molecule has 5 unspecified atom stereocenters. The fourth-order valence-electron chi connectivity index (χ4n) is 6.99. The van der Waals surface area contributed by atoms with Gasteiger partial charge in [0, 0.05) is 0 Å². The molecule has 166 valence electrons. The van der Waals surface area contributed by atoms with Crippen molar-refractivity contribution in [2.45, 2.75) is 103 Å². The highest BCUT2D eigenvalue weighted by molar-refractivity contribution is 5.34. The van der Waals surface area contributed by atoms with Crippen molar-refractivity contribution in [3.63, 3.8) is 0 Å². The molecular formula is C29H43F. The summed E-state index contributed by atoms with van der Waals surface area (Å²) in [6.07, 6.45) is 22.8. The third-order valence-electron chi connectivity index (χ3n) is 8.81. The Morgan fingerprint density at radius 3 is 2.43 bits per heavy atom. The maximum absolute atomic E-state index is 12.6. The van der Waals surface area contributed by atoms with Crippen LogP contribution in [0.2, 0.25) is 0 Å². The van der Waals surface area contributed by atoms with Crippen molar-refractivity contribution in [1.82, 2.24) is 0 Å². The van der Waals surface area contributed by atoms with Crippen LogP contribution in [0.5, 0.6) is 0 Å². The highest BCUT2D eigenvalue weighted by Gasteiger charge is 2.38. The lowest BCUT2D eigenvalue weighted by molar-refractivity contribution is 0.0809. The van der Waals surface area contributed by atoms with Crippen molar-refractivity contribution < 1.29 is 4.39 Å². The summed E-state index contributed by atoms with van der Waals surface area (Å²) in [6, 6.07) is 7.45. The summed E-state index contributed by atoms with van der Waals surface area (Å²) in [5, 5.41) is 0. The van der Waals surface area contributed by atoms with Gasteiger partial charge in [-0.2, -0.15) is 0 Å². The standard InChI is InChI=1S/C29H43F/c1-2-3-4-5-6-7-22-8-10-26-20-28(14-12-24(26)18-22)29-15-13-25-19-23(16-17-30)9-11-27(25)21-29/h8,10,16-18,23,25,27-29H,2-7,9,11-15,19-21H2,1H3/b17-16+. The molecule has 30 heavy (non-hydrogen) atoms. The molecule has 0 amide bonds. The molecule has 0 N–H and O–H groups in total. The van der Waals surface area contributed by atoms with E-state index in [2.05, 4.69) is 25.1 Å². The van der Waals surface area contributed by atoms with Crippen LogP contribution in [0.4, 0.5) is 4.39 Å². The van der Waals surface area contributed by atoms with Crippen molar-refractivity contribution in [3.8, 4) is 0 Å². The van der Waals surface area contributed by atoms with Gasteiger partial charge in [0.2, 0.25) is 0 Å². The monoisotopic (exact) mass is 410 g/mol. The van der Waals surface area contributed by atoms with Gasteiger partial charge in [0.25, 0.3) is 0 Å². The minimum Gasteiger partial charge on any atom is -0.216 e. The molecule has 1 heteroatoms. The highest BCUT2D eigenvalue weighted by Crippen LogP contribution is 2.48. The number of hydrogen-bond donors (Lipinski definition) is 0. The first-order valence-corrected chi connectivity index (χ1v) is 13.1. The molecule has 0 saturated heterocycles. The van der Waals surface area contributed by atoms with Crippen molar-refractivity contribution in [2.75, 3.05) is 0 Å². The number of unbranched alkanes of at least 4 members (excludes halogenated alkanes) is 4. The average molecular weight is 411 g/mol. The zero-order valence-corrected chi connectivity index (χ0v) is 19.3. The van der Waals surface area contributed by atoms with Crippen LogP contribution in [0.3, 0.4) is 0 Å². The number of benzene rings is 1. The first kappa shape index (κ1) is 22.1. The molecule has 0 heterocycles. The van der Waals surface area contributed by atoms with Gasteiger partial charge in [0.1, 0.15) is 0 Å². The van der Waals surface area contributed by atoms with Crippen molar-refractivity contribution in [2.24, 2.45) is 29.6 Å². The number of allylic oxidation sites excluding steroid dienone is 1. The SMILES string of the molecule is CCCCCCCc1ccc2c(c1)CCC(C1CCC3CC(/C=C/F)CCC3C1)C2. The van der Waals surface area contributed by atoms with E-state index in [4.69, 9.17) is 0 Å². The Labute approximate surface area is 184 Å². The van der Waals surface area contributed by atoms with E-state index in [-0.39, 0.29) is 0 Å². The van der Waals surface area contributed by atoms with Gasteiger partial charge in [-0.3, -0.25) is 0 Å². The van der Waals surface area contributed by atoms with Crippen LogP contribution in [0.15, 0.2) is 30.6 Å². The zero-order valence-electron chi connectivity index (χ0n) is 19.3. The number of halogens is 1. The predicted octanol–water partition coefficient (Wildman–Crippen LogP) is 8.62. The van der Waals surface area contributed by atoms with Crippen LogP contribution in [0.1, 0.15) is 101 Å². The van der Waals surface area contributed by atoms with Gasteiger partial charge in [-0.05, 0) is 117 Å². The molecule has 1 aromatic rings. The molecule has 0 bridgehead atoms. The molecule has 1 aromatic carbocycles. The molecule has 2 fully saturated rings. The fourth-order valence-corrected chi connectivity index (χ4v) is 6.99. The van der Waals surface area contributed by atoms with Gasteiger partial charge in [-0.25, -0.2) is 4.39 Å². The van der Waals surface area contributed by atoms with Gasteiger partial charge >= 0.3 is 0 Å². The van der Waals surface area contributed by atoms with E-state index in [9.17, 15) is 4.39 Å². The number of rotatable bonds is 8. The van der Waals surface area contributed by atoms with E-state index < -0.39 is 0 Å². The Hall–Kier alpha value is -1.11. The second-order valence-corrected chi connectivity index (χ2v) is 10.8. The molecule has 3 aliphatic rings. The molecule has 4 rings (SSSR count). The molecular weight excluding hydrogens is 367 g/mol. The summed E-state index contributed by atoms with van der Waals surface area (Å²) in [4.78, 5) is 0. The summed E-state index contributed by atoms with van der Waals surface area (Å²) in [7, 11) is 0. The molecule has 0 aromatic heterocycles. The minimum atomic E-state index is 0.509. The summed E-state index contributed by atoms with van der Waals surface area (Å²) in [5.74, 6) is 4.14. The number of hydrogen-bond acceptors (Lipinski definition) is 0. The summed E-state index contributed by atoms with van der Waals surface area (Å²) < 4.78 is 12.6. The van der Waals surface area contributed by atoms with E-state index in [1.54, 1.807) is 16.7 Å². The Bertz CT molecular complexity index is 690. The van der Waals surface area contributed by atoms with Gasteiger partial charge in [0.15, 0.2) is 0 Å². The number of aryl methyl sites for hydroxylation is 2. The van der Waals surface area contributed by atoms with Crippen LogP contribution in [0, 0.1) is 29.6 Å². The summed E-state index contributed by atoms with van der Waals surface area (Å²) in [6.45, 7) is 2.29. The van der Waals surface area contributed by atoms with E-state index in [1.807, 2.05) is 6.08 Å². The lowest BCUT2D eigenvalue weighted by atomic mass is 9.61. The van der Waals surface area contributed by atoms with E-state index in [0.717, 1.165) is 30.0 Å². The second-order valence-electron chi connectivity index (χ2n) is 10.8. The van der Waals surface area contributed by atoms with E-state index >= 15 is 0 Å². The maximum Gasteiger partial charge on any atom is 0.0829 e. The maximum atomic E-state index is 12.6. The molecule has 0 spiro atoms. The Balaban J connectivity index is 1.27. The first-order valence-electron chi connectivity index (χ1n) is 13.1. The summed E-state index contributed by atoms with van der Waals surface area (Å²) in [5.41, 5.74) is 4.88. The zero-order chi connectivity index (χ0) is 20.8. The molecule has 0 radical (unpaired) electrons.